The van der Waals surface area contributed by atoms with Crippen molar-refractivity contribution in [2.24, 2.45) is 5.73 Å². The van der Waals surface area contributed by atoms with E-state index in [0.717, 1.165) is 15.4 Å². The van der Waals surface area contributed by atoms with Gasteiger partial charge in [0.2, 0.25) is 0 Å². The lowest BCUT2D eigenvalue weighted by atomic mass is 10.1. The van der Waals surface area contributed by atoms with Crippen LogP contribution in [-0.4, -0.2) is 20.3 Å². The fourth-order valence-corrected chi connectivity index (χ4v) is 3.72. The number of pyridine rings is 2. The number of fused-ring (bicyclic) bond motifs is 3. The zero-order chi connectivity index (χ0) is 17.7. The minimum atomic E-state index is -0.624. The summed E-state index contributed by atoms with van der Waals surface area (Å²) in [4.78, 5) is 21.1. The molecule has 8 heteroatoms. The molecule has 5 nitrogen and oxygen atoms in total. The normalized spacial score (nSPS) is 11.3. The standard InChI is InChI=1S/C17H9BrCl2N4O/c18-8-6-9-12(22-7-8)4-5-24-15(16(21)25)14(23-17(9)24)13-10(19)2-1-3-11(13)20/h1-7H,(H2,21,25). The largest absolute Gasteiger partial charge is 0.364 e. The summed E-state index contributed by atoms with van der Waals surface area (Å²) in [5.74, 6) is -0.624. The molecule has 0 aliphatic rings. The predicted molar refractivity (Wildman–Crippen MR) is 102 cm³/mol. The highest BCUT2D eigenvalue weighted by molar-refractivity contribution is 9.10. The molecule has 0 bridgehead atoms. The van der Waals surface area contributed by atoms with Crippen LogP contribution >= 0.6 is 39.1 Å². The van der Waals surface area contributed by atoms with Gasteiger partial charge in [-0.05, 0) is 40.2 Å². The predicted octanol–water partition coefficient (Wildman–Crippen LogP) is 4.72. The van der Waals surface area contributed by atoms with Gasteiger partial charge in [-0.2, -0.15) is 0 Å². The SMILES string of the molecule is NC(=O)c1c(-c2c(Cl)cccc2Cl)nc2c3cc(Br)cnc3ccn12. The van der Waals surface area contributed by atoms with E-state index in [4.69, 9.17) is 28.9 Å². The van der Waals surface area contributed by atoms with Crippen molar-refractivity contribution >= 4 is 61.6 Å². The van der Waals surface area contributed by atoms with Crippen molar-refractivity contribution in [3.8, 4) is 11.3 Å². The third kappa shape index (κ3) is 2.57. The fourth-order valence-electron chi connectivity index (χ4n) is 2.81. The average Bonchev–Trinajstić information content (AvgIpc) is 2.94. The van der Waals surface area contributed by atoms with E-state index < -0.39 is 5.91 Å². The molecule has 4 rings (SSSR count). The van der Waals surface area contributed by atoms with Gasteiger partial charge in [-0.15, -0.1) is 0 Å². The van der Waals surface area contributed by atoms with Gasteiger partial charge in [-0.3, -0.25) is 14.2 Å². The van der Waals surface area contributed by atoms with Crippen molar-refractivity contribution in [1.29, 1.82) is 0 Å². The van der Waals surface area contributed by atoms with Crippen LogP contribution < -0.4 is 5.73 Å². The van der Waals surface area contributed by atoms with Crippen LogP contribution in [0.4, 0.5) is 0 Å². The Kier molecular flexibility index (Phi) is 3.91. The zero-order valence-corrected chi connectivity index (χ0v) is 15.6. The molecular formula is C17H9BrCl2N4O. The molecule has 0 saturated carbocycles. The number of benzene rings is 1. The van der Waals surface area contributed by atoms with E-state index in [1.54, 1.807) is 41.1 Å². The first-order chi connectivity index (χ1) is 12.0. The number of rotatable bonds is 2. The summed E-state index contributed by atoms with van der Waals surface area (Å²) < 4.78 is 2.43. The van der Waals surface area contributed by atoms with Gasteiger partial charge in [0, 0.05) is 27.8 Å². The number of nitrogens with two attached hydrogens (primary N) is 1. The second-order valence-electron chi connectivity index (χ2n) is 5.37. The molecule has 3 aromatic heterocycles. The molecular weight excluding hydrogens is 427 g/mol. The van der Waals surface area contributed by atoms with E-state index in [0.29, 0.717) is 26.9 Å². The van der Waals surface area contributed by atoms with Crippen LogP contribution in [0.25, 0.3) is 27.8 Å². The summed E-state index contributed by atoms with van der Waals surface area (Å²) in [6.07, 6.45) is 3.41. The molecule has 0 atom stereocenters. The van der Waals surface area contributed by atoms with Crippen LogP contribution in [0.2, 0.25) is 10.0 Å². The Morgan fingerprint density at radius 3 is 2.60 bits per heavy atom. The molecule has 4 aromatic rings. The maximum atomic E-state index is 12.1. The Morgan fingerprint density at radius 2 is 1.92 bits per heavy atom. The van der Waals surface area contributed by atoms with Gasteiger partial charge in [0.05, 0.1) is 15.6 Å². The summed E-state index contributed by atoms with van der Waals surface area (Å²) in [6.45, 7) is 0. The third-order valence-corrected chi connectivity index (χ3v) is 4.92. The number of aromatic nitrogens is 3. The number of carbonyl (C=O) groups excluding carboxylic acids is 1. The minimum Gasteiger partial charge on any atom is -0.364 e. The second-order valence-corrected chi connectivity index (χ2v) is 7.10. The Labute approximate surface area is 160 Å². The van der Waals surface area contributed by atoms with E-state index in [-0.39, 0.29) is 5.69 Å². The quantitative estimate of drug-likeness (QED) is 0.495. The van der Waals surface area contributed by atoms with Crippen LogP contribution in [0.5, 0.6) is 0 Å². The van der Waals surface area contributed by atoms with Crippen molar-refractivity contribution in [3.63, 3.8) is 0 Å². The lowest BCUT2D eigenvalue weighted by Gasteiger charge is -2.06. The summed E-state index contributed by atoms with van der Waals surface area (Å²) in [6, 6.07) is 8.78. The third-order valence-electron chi connectivity index (χ3n) is 3.85. The maximum Gasteiger partial charge on any atom is 0.268 e. The zero-order valence-electron chi connectivity index (χ0n) is 12.5. The molecule has 0 aliphatic carbocycles. The van der Waals surface area contributed by atoms with Gasteiger partial charge in [0.15, 0.2) is 0 Å². The molecule has 0 unspecified atom stereocenters. The average molecular weight is 436 g/mol. The number of imidazole rings is 1. The molecule has 3 heterocycles. The Bertz CT molecular complexity index is 1150. The first-order valence-electron chi connectivity index (χ1n) is 7.18. The van der Waals surface area contributed by atoms with Crippen LogP contribution in [0.15, 0.2) is 47.2 Å². The highest BCUT2D eigenvalue weighted by Gasteiger charge is 2.23. The number of nitrogens with zero attached hydrogens (tertiary/aromatic N) is 3. The molecule has 0 saturated heterocycles. The summed E-state index contributed by atoms with van der Waals surface area (Å²) in [5, 5.41) is 1.55. The first kappa shape index (κ1) is 16.3. The maximum absolute atomic E-state index is 12.1. The highest BCUT2D eigenvalue weighted by Crippen LogP contribution is 2.37. The number of amides is 1. The molecule has 0 aliphatic heterocycles. The van der Waals surface area contributed by atoms with Crippen molar-refractivity contribution < 1.29 is 4.79 Å². The van der Waals surface area contributed by atoms with Crippen molar-refractivity contribution in [1.82, 2.24) is 14.4 Å². The Hall–Kier alpha value is -2.15. The molecule has 0 radical (unpaired) electrons. The smallest absolute Gasteiger partial charge is 0.268 e. The topological polar surface area (TPSA) is 73.3 Å². The molecule has 124 valence electrons. The monoisotopic (exact) mass is 434 g/mol. The minimum absolute atomic E-state index is 0.215. The summed E-state index contributed by atoms with van der Waals surface area (Å²) in [5.41, 5.74) is 7.95. The number of hydrogen-bond acceptors (Lipinski definition) is 3. The lowest BCUT2D eigenvalue weighted by Crippen LogP contribution is -2.15. The van der Waals surface area contributed by atoms with E-state index in [2.05, 4.69) is 25.9 Å². The number of primary amides is 1. The first-order valence-corrected chi connectivity index (χ1v) is 8.73. The molecule has 1 amide bonds. The van der Waals surface area contributed by atoms with E-state index in [1.807, 2.05) is 6.07 Å². The molecule has 1 aromatic carbocycles. The van der Waals surface area contributed by atoms with E-state index in [1.165, 1.54) is 0 Å². The van der Waals surface area contributed by atoms with Crippen LogP contribution in [-0.2, 0) is 0 Å². The Morgan fingerprint density at radius 1 is 1.20 bits per heavy atom. The fraction of sp³-hybridized carbons (Fsp3) is 0. The summed E-state index contributed by atoms with van der Waals surface area (Å²) in [7, 11) is 0. The van der Waals surface area contributed by atoms with Gasteiger partial charge in [-0.1, -0.05) is 29.3 Å². The molecule has 0 spiro atoms. The molecule has 25 heavy (non-hydrogen) atoms. The van der Waals surface area contributed by atoms with Gasteiger partial charge < -0.3 is 5.73 Å². The van der Waals surface area contributed by atoms with Gasteiger partial charge in [-0.25, -0.2) is 4.98 Å². The van der Waals surface area contributed by atoms with Crippen LogP contribution in [0, 0.1) is 0 Å². The number of carbonyl (C=O) groups is 1. The summed E-state index contributed by atoms with van der Waals surface area (Å²) >= 11 is 16.0. The lowest BCUT2D eigenvalue weighted by molar-refractivity contribution is 0.0995. The van der Waals surface area contributed by atoms with Crippen LogP contribution in [0.3, 0.4) is 0 Å². The van der Waals surface area contributed by atoms with Crippen molar-refractivity contribution in [3.05, 3.63) is 62.9 Å². The van der Waals surface area contributed by atoms with E-state index in [9.17, 15) is 4.79 Å². The van der Waals surface area contributed by atoms with Crippen molar-refractivity contribution in [2.45, 2.75) is 0 Å². The highest BCUT2D eigenvalue weighted by atomic mass is 79.9. The van der Waals surface area contributed by atoms with Crippen LogP contribution in [0.1, 0.15) is 10.5 Å². The Balaban J connectivity index is 2.18. The molecule has 2 N–H and O–H groups in total. The van der Waals surface area contributed by atoms with Crippen molar-refractivity contribution in [2.75, 3.05) is 0 Å². The second kappa shape index (κ2) is 5.98. The number of halogens is 3. The number of hydrogen-bond donors (Lipinski definition) is 1. The molecule has 0 fully saturated rings. The van der Waals surface area contributed by atoms with Gasteiger partial charge in [0.25, 0.3) is 5.91 Å². The van der Waals surface area contributed by atoms with Gasteiger partial charge >= 0.3 is 0 Å². The van der Waals surface area contributed by atoms with Gasteiger partial charge in [0.1, 0.15) is 17.0 Å². The van der Waals surface area contributed by atoms with E-state index >= 15 is 0 Å².